The first kappa shape index (κ1) is 29.8. The zero-order valence-corrected chi connectivity index (χ0v) is 23.7. The van der Waals surface area contributed by atoms with Gasteiger partial charge >= 0.3 is 0 Å². The van der Waals surface area contributed by atoms with Crippen molar-refractivity contribution in [2.45, 2.75) is 19.1 Å². The van der Waals surface area contributed by atoms with E-state index in [0.717, 1.165) is 0 Å². The van der Waals surface area contributed by atoms with Crippen LogP contribution in [0.5, 0.6) is 0 Å². The predicted octanol–water partition coefficient (Wildman–Crippen LogP) is 6.59. The van der Waals surface area contributed by atoms with Crippen molar-refractivity contribution in [3.8, 4) is 0 Å². The van der Waals surface area contributed by atoms with Gasteiger partial charge in [0, 0.05) is 28.3 Å². The van der Waals surface area contributed by atoms with E-state index in [9.17, 15) is 0 Å². The third-order valence-corrected chi connectivity index (χ3v) is 7.16. The smallest absolute Gasteiger partial charge is 0.0416 e. The molecule has 0 nitrogen and oxygen atoms in total. The molecule has 2 radical (unpaired) electrons. The van der Waals surface area contributed by atoms with Gasteiger partial charge < -0.3 is 0 Å². The maximum atomic E-state index is 2.41. The van der Waals surface area contributed by atoms with Crippen LogP contribution in [0.2, 0.25) is 19.1 Å². The van der Waals surface area contributed by atoms with Gasteiger partial charge in [0.15, 0.2) is 0 Å². The average Bonchev–Trinajstić information content (AvgIpc) is 2.56. The maximum absolute atomic E-state index is 2.41. The molecule has 2 rings (SSSR count). The van der Waals surface area contributed by atoms with Crippen LogP contribution in [-0.4, -0.2) is 54.9 Å². The normalized spacial score (nSPS) is 10.1. The molecule has 5 heteroatoms. The van der Waals surface area contributed by atoms with Crippen molar-refractivity contribution in [3.05, 3.63) is 60.7 Å². The Kier molecular flexibility index (Phi) is 20.5. The van der Waals surface area contributed by atoms with Crippen molar-refractivity contribution in [2.75, 3.05) is 46.2 Å². The monoisotopic (exact) mass is 526 g/mol. The molecule has 0 unspecified atom stereocenters. The molecule has 0 amide bonds. The van der Waals surface area contributed by atoms with Crippen molar-refractivity contribution in [3.63, 3.8) is 0 Å². The molecule has 0 saturated heterocycles. The van der Waals surface area contributed by atoms with Crippen LogP contribution in [0.1, 0.15) is 0 Å². The van der Waals surface area contributed by atoms with Gasteiger partial charge in [-0.25, -0.2) is 0 Å². The Balaban J connectivity index is 0. The van der Waals surface area contributed by atoms with E-state index >= 15 is 0 Å². The van der Waals surface area contributed by atoms with Crippen LogP contribution in [0, 0.1) is 0 Å². The molecule has 0 aliphatic rings. The van der Waals surface area contributed by atoms with Gasteiger partial charge in [0.25, 0.3) is 0 Å². The molecule has 0 aliphatic heterocycles. The summed E-state index contributed by atoms with van der Waals surface area (Å²) in [6.07, 6.45) is 1.34. The summed E-state index contributed by atoms with van der Waals surface area (Å²) in [5, 5.41) is 3.03. The van der Waals surface area contributed by atoms with Crippen LogP contribution in [0.25, 0.3) is 0 Å². The summed E-state index contributed by atoms with van der Waals surface area (Å²) < 4.78 is 0. The second kappa shape index (κ2) is 18.6. The Morgan fingerprint density at radius 3 is 1.19 bits per heavy atom. The fraction of sp³-hybridized carbons (Fsp3) is 0.455. The fourth-order valence-electron chi connectivity index (χ4n) is 1.96. The molecule has 154 valence electrons. The van der Waals surface area contributed by atoms with Crippen molar-refractivity contribution in [1.82, 2.24) is 0 Å². The van der Waals surface area contributed by atoms with Crippen LogP contribution >= 0.6 is 23.8 Å². The molecule has 0 aliphatic carbocycles. The first-order chi connectivity index (χ1) is 12.2. The van der Waals surface area contributed by atoms with E-state index in [1.807, 2.05) is 0 Å². The van der Waals surface area contributed by atoms with Crippen molar-refractivity contribution in [2.24, 2.45) is 0 Å². The number of benzene rings is 2. The van der Waals surface area contributed by atoms with Gasteiger partial charge in [-0.3, -0.25) is 0 Å². The third kappa shape index (κ3) is 18.3. The van der Waals surface area contributed by atoms with Gasteiger partial charge in [-0.1, -0.05) is 79.8 Å². The fourth-order valence-corrected chi connectivity index (χ4v) is 6.52. The van der Waals surface area contributed by atoms with Gasteiger partial charge in [-0.15, -0.1) is 15.8 Å². The van der Waals surface area contributed by atoms with Crippen LogP contribution in [0.4, 0.5) is 0 Å². The minimum Gasteiger partial charge on any atom is -0.116 e. The number of hydrogen-bond donors (Lipinski definition) is 0. The summed E-state index contributed by atoms with van der Waals surface area (Å²) in [5.74, 6) is 0. The summed E-state index contributed by atoms with van der Waals surface area (Å²) >= 11 is 0. The van der Waals surface area contributed by atoms with E-state index in [1.54, 1.807) is 0 Å². The van der Waals surface area contributed by atoms with E-state index in [-0.39, 0.29) is 36.2 Å². The third-order valence-electron chi connectivity index (χ3n) is 2.97. The second-order valence-electron chi connectivity index (χ2n) is 7.46. The van der Waals surface area contributed by atoms with E-state index in [0.29, 0.717) is 15.8 Å². The Hall–Kier alpha value is 0.570. The maximum Gasteiger partial charge on any atom is 0.0416 e. The summed E-state index contributed by atoms with van der Waals surface area (Å²) in [4.78, 5) is 0. The second-order valence-corrected chi connectivity index (χ2v) is 18.1. The molecule has 0 atom stereocenters. The van der Waals surface area contributed by atoms with Gasteiger partial charge in [0.2, 0.25) is 0 Å². The average molecular weight is 526 g/mol. The zero-order chi connectivity index (χ0) is 19.9. The minimum atomic E-state index is -0.158. The van der Waals surface area contributed by atoms with Gasteiger partial charge in [0.1, 0.15) is 0 Å². The molecule has 0 fully saturated rings. The number of hydrogen-bond acceptors (Lipinski definition) is 0. The van der Waals surface area contributed by atoms with E-state index < -0.39 is 0 Å². The molecule has 2 aromatic rings. The molecular weight excluding hydrogens is 488 g/mol. The van der Waals surface area contributed by atoms with Crippen molar-refractivity contribution in [1.29, 1.82) is 0 Å². The summed E-state index contributed by atoms with van der Waals surface area (Å²) in [5.41, 5.74) is 0. The van der Waals surface area contributed by atoms with Gasteiger partial charge in [-0.2, -0.15) is 0 Å². The minimum absolute atomic E-state index is 0. The largest absolute Gasteiger partial charge is 0.116 e. The topological polar surface area (TPSA) is 0 Å². The van der Waals surface area contributed by atoms with Crippen LogP contribution in [0.3, 0.4) is 0 Å². The van der Waals surface area contributed by atoms with Gasteiger partial charge in [-0.05, 0) is 64.7 Å². The molecule has 27 heavy (non-hydrogen) atoms. The first-order valence-electron chi connectivity index (χ1n) is 9.12. The molecule has 0 saturated carbocycles. The Bertz CT molecular complexity index is 497. The molecule has 0 heterocycles. The summed E-state index contributed by atoms with van der Waals surface area (Å²) in [6, 6.07) is 23.4. The van der Waals surface area contributed by atoms with Gasteiger partial charge in [0.05, 0.1) is 0 Å². The Labute approximate surface area is 188 Å². The standard InChI is InChI=1S/C16H20PSi.2C3H9P.Rh/c1-18(2)14-13-17(15-9-5-3-6-10-15)16-11-7-4-8-12-16;2*1-4(2)3;/h3-12H,13-14H2,1-2H3;2*1-3H3;. The van der Waals surface area contributed by atoms with E-state index in [2.05, 4.69) is 114 Å². The number of rotatable bonds is 5. The van der Waals surface area contributed by atoms with Crippen LogP contribution in [0.15, 0.2) is 60.7 Å². The molecule has 0 spiro atoms. The molecule has 0 bridgehead atoms. The van der Waals surface area contributed by atoms with Crippen molar-refractivity contribution < 1.29 is 19.5 Å². The van der Waals surface area contributed by atoms with E-state index in [4.69, 9.17) is 0 Å². The first-order valence-corrected chi connectivity index (χ1v) is 18.7. The zero-order valence-electron chi connectivity index (χ0n) is 18.4. The SMILES string of the molecule is CP(C)C.CP(C)C.C[Si](C)CCP(c1ccccc1)c1ccccc1.[Rh]. The Morgan fingerprint density at radius 1 is 0.630 bits per heavy atom. The Morgan fingerprint density at radius 2 is 0.926 bits per heavy atom. The molecular formula is C22H38P3RhSi. The molecule has 0 N–H and O–H groups in total. The summed E-state index contributed by atoms with van der Waals surface area (Å²) in [6.45, 7) is 18.2. The quantitative estimate of drug-likeness (QED) is 0.305. The molecule has 0 aromatic heterocycles. The van der Waals surface area contributed by atoms with Crippen LogP contribution in [-0.2, 0) is 19.5 Å². The summed E-state index contributed by atoms with van der Waals surface area (Å²) in [7, 11) is 0.474. The predicted molar refractivity (Wildman–Crippen MR) is 136 cm³/mol. The van der Waals surface area contributed by atoms with Crippen molar-refractivity contribution >= 4 is 43.2 Å². The van der Waals surface area contributed by atoms with Crippen LogP contribution < -0.4 is 10.6 Å². The molecule has 2 aromatic carbocycles. The van der Waals surface area contributed by atoms with E-state index in [1.165, 1.54) is 22.8 Å².